The number of ketones is 1. The summed E-state index contributed by atoms with van der Waals surface area (Å²) in [5.41, 5.74) is 10.0. The second kappa shape index (κ2) is 6.68. The first kappa shape index (κ1) is 17.3. The average molecular weight is 400 g/mol. The predicted octanol–water partition coefficient (Wildman–Crippen LogP) is 4.21. The van der Waals surface area contributed by atoms with E-state index in [4.69, 9.17) is 22.3 Å². The molecule has 1 aliphatic rings. The van der Waals surface area contributed by atoms with Gasteiger partial charge in [-0.25, -0.2) is 14.5 Å². The summed E-state index contributed by atoms with van der Waals surface area (Å²) in [7, 11) is 0. The molecule has 0 bridgehead atoms. The van der Waals surface area contributed by atoms with E-state index in [-0.39, 0.29) is 5.78 Å². The van der Waals surface area contributed by atoms with Gasteiger partial charge in [0.1, 0.15) is 17.5 Å². The van der Waals surface area contributed by atoms with Gasteiger partial charge in [-0.15, -0.1) is 0 Å². The molecule has 4 aromatic rings. The fourth-order valence-electron chi connectivity index (χ4n) is 3.28. The minimum Gasteiger partial charge on any atom is -0.382 e. The molecule has 6 nitrogen and oxygen atoms in total. The maximum Gasteiger partial charge on any atom is 0.194 e. The summed E-state index contributed by atoms with van der Waals surface area (Å²) in [6, 6.07) is 14.3. The van der Waals surface area contributed by atoms with Gasteiger partial charge in [0.05, 0.1) is 5.02 Å². The second-order valence-electron chi connectivity index (χ2n) is 6.56. The van der Waals surface area contributed by atoms with Gasteiger partial charge in [0.25, 0.3) is 0 Å². The molecular formula is C22H14ClN5O. The Labute approximate surface area is 171 Å². The molecule has 0 radical (unpaired) electrons. The SMILES string of the molecule is Nc1ncnn2c(C3=CC=C3)nc(-c3ccc(C(=O)c4ccccc4)c(Cl)c3)c12. The molecule has 0 saturated heterocycles. The number of fused-ring (bicyclic) bond motifs is 1. The third-order valence-corrected chi connectivity index (χ3v) is 5.11. The molecule has 0 saturated carbocycles. The van der Waals surface area contributed by atoms with Crippen molar-refractivity contribution in [2.45, 2.75) is 0 Å². The van der Waals surface area contributed by atoms with E-state index in [9.17, 15) is 4.79 Å². The van der Waals surface area contributed by atoms with Crippen molar-refractivity contribution in [3.8, 4) is 11.3 Å². The number of nitrogens with two attached hydrogens (primary N) is 1. The number of allylic oxidation sites excluding steroid dienone is 4. The number of benzene rings is 2. The van der Waals surface area contributed by atoms with Crippen LogP contribution in [0.2, 0.25) is 5.02 Å². The van der Waals surface area contributed by atoms with E-state index in [0.717, 1.165) is 11.1 Å². The fraction of sp³-hybridized carbons (Fsp3) is 0. The van der Waals surface area contributed by atoms with Crippen LogP contribution in [0, 0.1) is 0 Å². The molecule has 140 valence electrons. The summed E-state index contributed by atoms with van der Waals surface area (Å²) >= 11 is 6.48. The molecule has 2 aromatic carbocycles. The minimum atomic E-state index is -0.134. The molecule has 0 unspecified atom stereocenters. The maximum atomic E-state index is 12.8. The van der Waals surface area contributed by atoms with Crippen LogP contribution in [-0.2, 0) is 0 Å². The van der Waals surface area contributed by atoms with E-state index in [2.05, 4.69) is 10.1 Å². The van der Waals surface area contributed by atoms with Crippen LogP contribution in [0.4, 0.5) is 5.82 Å². The van der Waals surface area contributed by atoms with Crippen LogP contribution in [0.15, 0.2) is 73.1 Å². The van der Waals surface area contributed by atoms with Crippen molar-refractivity contribution in [1.82, 2.24) is 19.6 Å². The molecule has 5 rings (SSSR count). The van der Waals surface area contributed by atoms with Crippen molar-refractivity contribution >= 4 is 34.3 Å². The lowest BCUT2D eigenvalue weighted by Gasteiger charge is -2.06. The molecule has 2 aromatic heterocycles. The van der Waals surface area contributed by atoms with E-state index < -0.39 is 0 Å². The molecule has 0 aliphatic heterocycles. The Morgan fingerprint density at radius 1 is 1.10 bits per heavy atom. The number of nitrogens with zero attached hydrogens (tertiary/aromatic N) is 4. The number of carbonyl (C=O) groups excluding carboxylic acids is 1. The van der Waals surface area contributed by atoms with Crippen molar-refractivity contribution in [1.29, 1.82) is 0 Å². The Kier molecular flexibility index (Phi) is 4.00. The van der Waals surface area contributed by atoms with Crippen LogP contribution in [0.3, 0.4) is 0 Å². The van der Waals surface area contributed by atoms with Crippen molar-refractivity contribution in [2.75, 3.05) is 5.73 Å². The summed E-state index contributed by atoms with van der Waals surface area (Å²) in [5.74, 6) is 0.857. The van der Waals surface area contributed by atoms with Crippen LogP contribution in [-0.4, -0.2) is 25.4 Å². The quantitative estimate of drug-likeness (QED) is 0.519. The van der Waals surface area contributed by atoms with Gasteiger partial charge in [0.2, 0.25) is 0 Å². The number of halogens is 1. The molecule has 2 heterocycles. The average Bonchev–Trinajstić information content (AvgIpc) is 3.07. The lowest BCUT2D eigenvalue weighted by atomic mass is 10.0. The third-order valence-electron chi connectivity index (χ3n) is 4.79. The van der Waals surface area contributed by atoms with Crippen LogP contribution in [0.1, 0.15) is 21.7 Å². The lowest BCUT2D eigenvalue weighted by Crippen LogP contribution is -2.03. The first-order chi connectivity index (χ1) is 14.1. The van der Waals surface area contributed by atoms with Gasteiger partial charge in [-0.05, 0) is 12.1 Å². The standard InChI is InChI=1S/C22H14ClN5O/c23-17-11-15(9-10-16(17)20(29)13-5-2-1-3-6-13)18-19-21(24)25-12-26-28(19)22(27-18)14-7-4-8-14/h1-12H,(H2,24,25,26). The highest BCUT2D eigenvalue weighted by atomic mass is 35.5. The molecular weight excluding hydrogens is 386 g/mol. The van der Waals surface area contributed by atoms with Crippen molar-refractivity contribution < 1.29 is 4.79 Å². The van der Waals surface area contributed by atoms with Crippen LogP contribution < -0.4 is 5.73 Å². The zero-order chi connectivity index (χ0) is 20.0. The van der Waals surface area contributed by atoms with E-state index in [1.165, 1.54) is 6.33 Å². The highest BCUT2D eigenvalue weighted by molar-refractivity contribution is 6.35. The molecule has 29 heavy (non-hydrogen) atoms. The number of hydrogen-bond donors (Lipinski definition) is 1. The van der Waals surface area contributed by atoms with Gasteiger partial charge >= 0.3 is 0 Å². The van der Waals surface area contributed by atoms with Gasteiger partial charge in [-0.1, -0.05) is 66.2 Å². The summed E-state index contributed by atoms with van der Waals surface area (Å²) in [6.07, 6.45) is 7.23. The minimum absolute atomic E-state index is 0.134. The number of hydrogen-bond acceptors (Lipinski definition) is 5. The Balaban J connectivity index is 1.63. The Hall–Kier alpha value is -3.77. The largest absolute Gasteiger partial charge is 0.382 e. The van der Waals surface area contributed by atoms with E-state index in [1.807, 2.05) is 42.5 Å². The van der Waals surface area contributed by atoms with Crippen molar-refractivity contribution in [2.24, 2.45) is 0 Å². The highest BCUT2D eigenvalue weighted by Crippen LogP contribution is 2.33. The van der Waals surface area contributed by atoms with Gasteiger partial charge in [-0.3, -0.25) is 4.79 Å². The fourth-order valence-corrected chi connectivity index (χ4v) is 3.54. The van der Waals surface area contributed by atoms with E-state index >= 15 is 0 Å². The van der Waals surface area contributed by atoms with Crippen molar-refractivity contribution in [3.63, 3.8) is 0 Å². The molecule has 2 N–H and O–H groups in total. The third kappa shape index (κ3) is 2.81. The Morgan fingerprint density at radius 2 is 1.90 bits per heavy atom. The molecule has 0 fully saturated rings. The first-order valence-electron chi connectivity index (χ1n) is 8.91. The Morgan fingerprint density at radius 3 is 2.59 bits per heavy atom. The number of rotatable bonds is 4. The molecule has 0 amide bonds. The predicted molar refractivity (Wildman–Crippen MR) is 113 cm³/mol. The first-order valence-corrected chi connectivity index (χ1v) is 9.29. The monoisotopic (exact) mass is 399 g/mol. The summed E-state index contributed by atoms with van der Waals surface area (Å²) in [6.45, 7) is 0. The number of nitrogen functional groups attached to an aromatic ring is 1. The van der Waals surface area contributed by atoms with Gasteiger partial charge in [0.15, 0.2) is 17.4 Å². The van der Waals surface area contributed by atoms with E-state index in [0.29, 0.717) is 39.0 Å². The second-order valence-corrected chi connectivity index (χ2v) is 6.97. The number of aromatic nitrogens is 4. The zero-order valence-electron chi connectivity index (χ0n) is 15.1. The van der Waals surface area contributed by atoms with Crippen LogP contribution in [0.5, 0.6) is 0 Å². The van der Waals surface area contributed by atoms with Gasteiger partial charge in [0, 0.05) is 22.3 Å². The normalized spacial score (nSPS) is 12.7. The van der Waals surface area contributed by atoms with Crippen molar-refractivity contribution in [3.05, 3.63) is 95.1 Å². The van der Waals surface area contributed by atoms with Crippen LogP contribution >= 0.6 is 11.6 Å². The summed E-state index contributed by atoms with van der Waals surface area (Å²) in [4.78, 5) is 21.6. The van der Waals surface area contributed by atoms with Gasteiger partial charge < -0.3 is 5.73 Å². The maximum absolute atomic E-state index is 12.8. The molecule has 0 spiro atoms. The Bertz CT molecular complexity index is 1340. The van der Waals surface area contributed by atoms with Crippen LogP contribution in [0.25, 0.3) is 22.3 Å². The highest BCUT2D eigenvalue weighted by Gasteiger charge is 2.21. The zero-order valence-corrected chi connectivity index (χ0v) is 15.8. The van der Waals surface area contributed by atoms with E-state index in [1.54, 1.807) is 28.8 Å². The molecule has 0 atom stereocenters. The van der Waals surface area contributed by atoms with Gasteiger partial charge in [-0.2, -0.15) is 5.10 Å². The molecule has 1 aliphatic carbocycles. The topological polar surface area (TPSA) is 86.2 Å². The lowest BCUT2D eigenvalue weighted by molar-refractivity contribution is 0.103. The smallest absolute Gasteiger partial charge is 0.194 e. The molecule has 7 heteroatoms. The number of carbonyl (C=O) groups is 1. The summed E-state index contributed by atoms with van der Waals surface area (Å²) < 4.78 is 1.67. The summed E-state index contributed by atoms with van der Waals surface area (Å²) in [5, 5.41) is 4.64. The number of imidazole rings is 1. The number of anilines is 1.